The third-order valence-electron chi connectivity index (χ3n) is 4.89. The number of ether oxygens (including phenoxy) is 1. The van der Waals surface area contributed by atoms with E-state index in [0.29, 0.717) is 19.7 Å². The highest BCUT2D eigenvalue weighted by atomic mass is 32.2. The molecule has 29 heavy (non-hydrogen) atoms. The van der Waals surface area contributed by atoms with Gasteiger partial charge in [0.25, 0.3) is 0 Å². The maximum Gasteiger partial charge on any atom is 0.490 e. The Balaban J connectivity index is 0.000000298. The standard InChI is InChI=1S/C15H20N2O3S2.C2HF3O2/c18-22(19,14-1-2-14)17-10-15(11-17)7-13(9-21-15)20-8-12-3-5-16-6-4-12;3-2(4,5)1(6)7/h3-6,13-14H,1-2,7-11H2;(H,6,7). The predicted octanol–water partition coefficient (Wildman–Crippen LogP) is 2.28. The van der Waals surface area contributed by atoms with E-state index in [-0.39, 0.29) is 16.1 Å². The first-order valence-corrected chi connectivity index (χ1v) is 11.4. The molecule has 1 spiro atoms. The van der Waals surface area contributed by atoms with E-state index in [2.05, 4.69) is 4.98 Å². The Morgan fingerprint density at radius 3 is 2.41 bits per heavy atom. The summed E-state index contributed by atoms with van der Waals surface area (Å²) in [5.74, 6) is -1.80. The molecule has 1 aliphatic carbocycles. The molecule has 2 saturated heterocycles. The lowest BCUT2D eigenvalue weighted by atomic mass is 9.95. The minimum absolute atomic E-state index is 0.0880. The number of carbonyl (C=O) groups is 1. The van der Waals surface area contributed by atoms with Crippen LogP contribution in [0.2, 0.25) is 0 Å². The van der Waals surface area contributed by atoms with E-state index in [1.165, 1.54) is 0 Å². The maximum absolute atomic E-state index is 12.2. The third kappa shape index (κ3) is 5.62. The van der Waals surface area contributed by atoms with Gasteiger partial charge in [0.1, 0.15) is 0 Å². The number of pyridine rings is 1. The van der Waals surface area contributed by atoms with Gasteiger partial charge >= 0.3 is 12.1 Å². The number of aromatic nitrogens is 1. The highest BCUT2D eigenvalue weighted by Crippen LogP contribution is 2.48. The summed E-state index contributed by atoms with van der Waals surface area (Å²) in [6.07, 6.45) is 1.34. The molecule has 1 saturated carbocycles. The van der Waals surface area contributed by atoms with E-state index < -0.39 is 22.2 Å². The minimum Gasteiger partial charge on any atom is -0.475 e. The van der Waals surface area contributed by atoms with E-state index in [9.17, 15) is 21.6 Å². The quantitative estimate of drug-likeness (QED) is 0.729. The highest BCUT2D eigenvalue weighted by molar-refractivity contribution is 8.01. The van der Waals surface area contributed by atoms with Crippen LogP contribution in [0.15, 0.2) is 24.5 Å². The van der Waals surface area contributed by atoms with Crippen LogP contribution in [0.5, 0.6) is 0 Å². The monoisotopic (exact) mass is 454 g/mol. The molecule has 3 heterocycles. The molecule has 3 fully saturated rings. The first-order valence-electron chi connectivity index (χ1n) is 8.95. The Morgan fingerprint density at radius 2 is 1.90 bits per heavy atom. The van der Waals surface area contributed by atoms with Crippen molar-refractivity contribution in [3.8, 4) is 0 Å². The lowest BCUT2D eigenvalue weighted by Gasteiger charge is -2.46. The molecule has 0 radical (unpaired) electrons. The summed E-state index contributed by atoms with van der Waals surface area (Å²) >= 11 is 1.88. The fourth-order valence-electron chi connectivity index (χ4n) is 3.18. The van der Waals surface area contributed by atoms with Crippen LogP contribution in [0, 0.1) is 0 Å². The van der Waals surface area contributed by atoms with Gasteiger partial charge in [0, 0.05) is 36.0 Å². The van der Waals surface area contributed by atoms with Crippen molar-refractivity contribution in [3.05, 3.63) is 30.1 Å². The molecule has 0 aromatic carbocycles. The van der Waals surface area contributed by atoms with Gasteiger partial charge in [-0.2, -0.15) is 17.5 Å². The van der Waals surface area contributed by atoms with Gasteiger partial charge < -0.3 is 9.84 Å². The molecule has 1 aromatic heterocycles. The number of alkyl halides is 3. The van der Waals surface area contributed by atoms with Crippen LogP contribution >= 0.6 is 11.8 Å². The van der Waals surface area contributed by atoms with Crippen molar-refractivity contribution in [1.82, 2.24) is 9.29 Å². The summed E-state index contributed by atoms with van der Waals surface area (Å²) in [4.78, 5) is 12.9. The number of aliphatic carboxylic acids is 1. The van der Waals surface area contributed by atoms with Crippen molar-refractivity contribution in [3.63, 3.8) is 0 Å². The first-order chi connectivity index (χ1) is 13.5. The van der Waals surface area contributed by atoms with Crippen LogP contribution in [0.4, 0.5) is 13.2 Å². The van der Waals surface area contributed by atoms with E-state index in [1.807, 2.05) is 23.9 Å². The molecule has 1 atom stereocenters. The highest BCUT2D eigenvalue weighted by Gasteiger charge is 2.55. The zero-order chi connectivity index (χ0) is 21.3. The van der Waals surface area contributed by atoms with Crippen LogP contribution in [-0.2, 0) is 26.2 Å². The third-order valence-corrected chi connectivity index (χ3v) is 8.75. The zero-order valence-electron chi connectivity index (χ0n) is 15.3. The molecule has 0 amide bonds. The largest absolute Gasteiger partial charge is 0.490 e. The van der Waals surface area contributed by atoms with Crippen LogP contribution in [0.3, 0.4) is 0 Å². The smallest absolute Gasteiger partial charge is 0.475 e. The van der Waals surface area contributed by atoms with Gasteiger partial charge in [-0.05, 0) is 37.0 Å². The van der Waals surface area contributed by atoms with Crippen LogP contribution in [-0.4, -0.2) is 69.9 Å². The number of rotatable bonds is 5. The second kappa shape index (κ2) is 8.40. The normalized spacial score (nSPS) is 23.9. The number of sulfonamides is 1. The van der Waals surface area contributed by atoms with E-state index in [0.717, 1.165) is 30.6 Å². The summed E-state index contributed by atoms with van der Waals surface area (Å²) in [6, 6.07) is 3.93. The van der Waals surface area contributed by atoms with E-state index in [4.69, 9.17) is 14.6 Å². The number of hydrogen-bond acceptors (Lipinski definition) is 6. The van der Waals surface area contributed by atoms with Crippen LogP contribution in [0.1, 0.15) is 24.8 Å². The fourth-order valence-corrected chi connectivity index (χ4v) is 6.90. The summed E-state index contributed by atoms with van der Waals surface area (Å²) in [5.41, 5.74) is 1.13. The number of nitrogens with zero attached hydrogens (tertiary/aromatic N) is 2. The van der Waals surface area contributed by atoms with E-state index in [1.54, 1.807) is 16.7 Å². The lowest BCUT2D eigenvalue weighted by Crippen LogP contribution is -2.61. The molecule has 1 aromatic rings. The molecule has 12 heteroatoms. The van der Waals surface area contributed by atoms with Gasteiger partial charge in [0.05, 0.1) is 18.0 Å². The number of halogens is 3. The Morgan fingerprint density at radius 1 is 1.31 bits per heavy atom. The molecule has 4 rings (SSSR count). The van der Waals surface area contributed by atoms with Crippen molar-refractivity contribution < 1.29 is 36.2 Å². The Kier molecular flexibility index (Phi) is 6.47. The number of carboxylic acids is 1. The summed E-state index contributed by atoms with van der Waals surface area (Å²) in [5, 5.41) is 7.04. The van der Waals surface area contributed by atoms with Crippen LogP contribution in [0.25, 0.3) is 0 Å². The second-order valence-corrected chi connectivity index (χ2v) is 11.0. The number of thioether (sulfide) groups is 1. The molecule has 0 bridgehead atoms. The van der Waals surface area contributed by atoms with Gasteiger partial charge in [0.15, 0.2) is 0 Å². The van der Waals surface area contributed by atoms with Gasteiger partial charge in [-0.25, -0.2) is 13.2 Å². The minimum atomic E-state index is -5.08. The van der Waals surface area contributed by atoms with Crippen molar-refractivity contribution in [2.24, 2.45) is 0 Å². The average molecular weight is 454 g/mol. The molecule has 7 nitrogen and oxygen atoms in total. The Bertz CT molecular complexity index is 825. The summed E-state index contributed by atoms with van der Waals surface area (Å²) < 4.78 is 63.9. The van der Waals surface area contributed by atoms with Gasteiger partial charge in [-0.3, -0.25) is 4.98 Å². The average Bonchev–Trinajstić information content (AvgIpc) is 3.40. The maximum atomic E-state index is 12.2. The molecule has 2 aliphatic heterocycles. The lowest BCUT2D eigenvalue weighted by molar-refractivity contribution is -0.192. The second-order valence-electron chi connectivity index (χ2n) is 7.30. The SMILES string of the molecule is O=C(O)C(F)(F)F.O=S(=O)(C1CC1)N1CC2(CC(OCc3ccncc3)CS2)C1. The topological polar surface area (TPSA) is 96.8 Å². The van der Waals surface area contributed by atoms with Crippen molar-refractivity contribution in [2.75, 3.05) is 18.8 Å². The number of carboxylic acid groups (broad SMARTS) is 1. The molecular weight excluding hydrogens is 433 g/mol. The van der Waals surface area contributed by atoms with Crippen molar-refractivity contribution in [1.29, 1.82) is 0 Å². The van der Waals surface area contributed by atoms with Gasteiger partial charge in [-0.1, -0.05) is 0 Å². The van der Waals surface area contributed by atoms with Crippen molar-refractivity contribution in [2.45, 2.75) is 48.1 Å². The molecule has 3 aliphatic rings. The Hall–Kier alpha value is -1.37. The van der Waals surface area contributed by atoms with E-state index >= 15 is 0 Å². The van der Waals surface area contributed by atoms with Crippen molar-refractivity contribution >= 4 is 27.8 Å². The summed E-state index contributed by atoms with van der Waals surface area (Å²) in [7, 11) is -2.99. The summed E-state index contributed by atoms with van der Waals surface area (Å²) in [6.45, 7) is 1.95. The van der Waals surface area contributed by atoms with Gasteiger partial charge in [-0.15, -0.1) is 11.8 Å². The predicted molar refractivity (Wildman–Crippen MR) is 99.8 cm³/mol. The molecule has 1 N–H and O–H groups in total. The van der Waals surface area contributed by atoms with Gasteiger partial charge in [0.2, 0.25) is 10.0 Å². The molecule has 1 unspecified atom stereocenters. The molecule has 162 valence electrons. The molecular formula is C17H21F3N2O5S2. The fraction of sp³-hybridized carbons (Fsp3) is 0.647. The zero-order valence-corrected chi connectivity index (χ0v) is 17.0. The number of hydrogen-bond donors (Lipinski definition) is 1. The first kappa shape index (κ1) is 22.3. The van der Waals surface area contributed by atoms with Crippen LogP contribution < -0.4 is 0 Å². The Labute approximate surface area is 170 Å².